The molecular weight excluding hydrogens is 315 g/mol. The molecule has 1 aromatic carbocycles. The maximum Gasteiger partial charge on any atom is 0.224 e. The predicted molar refractivity (Wildman–Crippen MR) is 85.9 cm³/mol. The minimum Gasteiger partial charge on any atom is -0.349 e. The van der Waals surface area contributed by atoms with Crippen LogP contribution in [0, 0.1) is 5.92 Å². The Bertz CT molecular complexity index is 492. The van der Waals surface area contributed by atoms with Crippen LogP contribution >= 0.6 is 35.8 Å². The normalized spacial score (nSPS) is 24.6. The first-order valence-electron chi connectivity index (χ1n) is 6.67. The minimum atomic E-state index is 0. The Morgan fingerprint density at radius 3 is 3.00 bits per heavy atom. The van der Waals surface area contributed by atoms with Crippen molar-refractivity contribution >= 4 is 41.7 Å². The van der Waals surface area contributed by atoms with Crippen molar-refractivity contribution in [3.05, 3.63) is 28.8 Å². The molecule has 2 unspecified atom stereocenters. The number of halogens is 2. The van der Waals surface area contributed by atoms with Crippen molar-refractivity contribution < 1.29 is 4.79 Å². The molecule has 0 aromatic heterocycles. The van der Waals surface area contributed by atoms with Gasteiger partial charge in [0.1, 0.15) is 0 Å². The summed E-state index contributed by atoms with van der Waals surface area (Å²) >= 11 is 7.91. The van der Waals surface area contributed by atoms with Crippen LogP contribution in [0.25, 0.3) is 0 Å². The van der Waals surface area contributed by atoms with Crippen LogP contribution < -0.4 is 10.6 Å². The molecule has 110 valence electrons. The zero-order chi connectivity index (χ0) is 13.2. The lowest BCUT2D eigenvalue weighted by Crippen LogP contribution is -2.36. The fourth-order valence-electron chi connectivity index (χ4n) is 2.68. The van der Waals surface area contributed by atoms with Crippen LogP contribution in [0.5, 0.6) is 0 Å². The molecule has 3 nitrogen and oxygen atoms in total. The van der Waals surface area contributed by atoms with Gasteiger partial charge in [-0.05, 0) is 43.1 Å². The smallest absolute Gasteiger partial charge is 0.224 e. The largest absolute Gasteiger partial charge is 0.349 e. The standard InChI is InChI=1S/C14H17ClN2OS.ClH/c15-10-1-2-13-11(7-10)12(4-6-19-13)17-14(18)9-3-5-16-8-9;/h1-2,7,9,12,16H,3-6,8H2,(H,17,18);1H. The molecule has 6 heteroatoms. The molecule has 0 radical (unpaired) electrons. The molecule has 2 N–H and O–H groups in total. The number of amides is 1. The lowest BCUT2D eigenvalue weighted by molar-refractivity contribution is -0.125. The highest BCUT2D eigenvalue weighted by Crippen LogP contribution is 2.37. The van der Waals surface area contributed by atoms with Gasteiger partial charge in [-0.3, -0.25) is 4.79 Å². The zero-order valence-electron chi connectivity index (χ0n) is 11.0. The average Bonchev–Trinajstić information content (AvgIpc) is 2.93. The summed E-state index contributed by atoms with van der Waals surface area (Å²) in [6.45, 7) is 1.75. The highest BCUT2D eigenvalue weighted by Gasteiger charge is 2.27. The van der Waals surface area contributed by atoms with E-state index in [2.05, 4.69) is 16.7 Å². The highest BCUT2D eigenvalue weighted by atomic mass is 35.5. The van der Waals surface area contributed by atoms with E-state index in [1.165, 1.54) is 10.5 Å². The molecule has 2 aliphatic rings. The summed E-state index contributed by atoms with van der Waals surface area (Å²) in [5.74, 6) is 1.34. The van der Waals surface area contributed by atoms with E-state index in [0.717, 1.165) is 36.7 Å². The van der Waals surface area contributed by atoms with Crippen molar-refractivity contribution in [3.63, 3.8) is 0 Å². The number of carbonyl (C=O) groups is 1. The van der Waals surface area contributed by atoms with Crippen molar-refractivity contribution in [2.24, 2.45) is 5.92 Å². The van der Waals surface area contributed by atoms with Gasteiger partial charge in [0.05, 0.1) is 12.0 Å². The molecule has 2 heterocycles. The molecular formula is C14H18Cl2N2OS. The molecule has 3 rings (SSSR count). The van der Waals surface area contributed by atoms with Gasteiger partial charge in [-0.2, -0.15) is 0 Å². The summed E-state index contributed by atoms with van der Waals surface area (Å²) in [7, 11) is 0. The van der Waals surface area contributed by atoms with Crippen LogP contribution in [0.2, 0.25) is 5.02 Å². The maximum atomic E-state index is 12.2. The number of nitrogens with one attached hydrogen (secondary N) is 2. The maximum absolute atomic E-state index is 12.2. The molecule has 20 heavy (non-hydrogen) atoms. The lowest BCUT2D eigenvalue weighted by atomic mass is 10.0. The van der Waals surface area contributed by atoms with E-state index in [1.54, 1.807) is 0 Å². The van der Waals surface area contributed by atoms with E-state index >= 15 is 0 Å². The number of carbonyl (C=O) groups excluding carboxylic acids is 1. The van der Waals surface area contributed by atoms with Crippen LogP contribution in [-0.4, -0.2) is 24.7 Å². The highest BCUT2D eigenvalue weighted by molar-refractivity contribution is 7.99. The first kappa shape index (κ1) is 16.0. The van der Waals surface area contributed by atoms with Gasteiger partial charge in [0.15, 0.2) is 0 Å². The second-order valence-corrected chi connectivity index (χ2v) is 6.64. The first-order chi connectivity index (χ1) is 9.24. The Balaban J connectivity index is 0.00000147. The summed E-state index contributed by atoms with van der Waals surface area (Å²) < 4.78 is 0. The van der Waals surface area contributed by atoms with Gasteiger partial charge in [0.25, 0.3) is 0 Å². The van der Waals surface area contributed by atoms with Crippen molar-refractivity contribution in [3.8, 4) is 0 Å². The summed E-state index contributed by atoms with van der Waals surface area (Å²) in [5, 5.41) is 7.16. The van der Waals surface area contributed by atoms with Crippen LogP contribution in [0.1, 0.15) is 24.4 Å². The Hall–Kier alpha value is -0.420. The van der Waals surface area contributed by atoms with E-state index in [1.807, 2.05) is 23.9 Å². The average molecular weight is 333 g/mol. The topological polar surface area (TPSA) is 41.1 Å². The molecule has 1 aromatic rings. The predicted octanol–water partition coefficient (Wildman–Crippen LogP) is 3.02. The van der Waals surface area contributed by atoms with Gasteiger partial charge in [-0.15, -0.1) is 24.2 Å². The fraction of sp³-hybridized carbons (Fsp3) is 0.500. The lowest BCUT2D eigenvalue weighted by Gasteiger charge is -2.27. The van der Waals surface area contributed by atoms with Crippen LogP contribution in [0.3, 0.4) is 0 Å². The van der Waals surface area contributed by atoms with Crippen molar-refractivity contribution in [2.45, 2.75) is 23.8 Å². The SMILES string of the molecule is Cl.O=C(NC1CCSc2ccc(Cl)cc21)C1CCNC1. The molecule has 0 spiro atoms. The van der Waals surface area contributed by atoms with Gasteiger partial charge in [-0.25, -0.2) is 0 Å². The van der Waals surface area contributed by atoms with Crippen molar-refractivity contribution in [2.75, 3.05) is 18.8 Å². The molecule has 1 fully saturated rings. The summed E-state index contributed by atoms with van der Waals surface area (Å²) in [6, 6.07) is 6.07. The van der Waals surface area contributed by atoms with E-state index in [0.29, 0.717) is 0 Å². The van der Waals surface area contributed by atoms with E-state index < -0.39 is 0 Å². The second kappa shape index (κ2) is 7.03. The van der Waals surface area contributed by atoms with Crippen molar-refractivity contribution in [1.82, 2.24) is 10.6 Å². The Morgan fingerprint density at radius 1 is 1.40 bits per heavy atom. The van der Waals surface area contributed by atoms with E-state index in [4.69, 9.17) is 11.6 Å². The molecule has 0 bridgehead atoms. The number of hydrogen-bond acceptors (Lipinski definition) is 3. The van der Waals surface area contributed by atoms with Crippen LogP contribution in [0.4, 0.5) is 0 Å². The number of hydrogen-bond donors (Lipinski definition) is 2. The fourth-order valence-corrected chi connectivity index (χ4v) is 3.97. The summed E-state index contributed by atoms with van der Waals surface area (Å²) in [4.78, 5) is 13.5. The van der Waals surface area contributed by atoms with Gasteiger partial charge < -0.3 is 10.6 Å². The van der Waals surface area contributed by atoms with Gasteiger partial charge in [0, 0.05) is 22.2 Å². The molecule has 0 saturated carbocycles. The second-order valence-electron chi connectivity index (χ2n) is 5.07. The zero-order valence-corrected chi connectivity index (χ0v) is 13.4. The first-order valence-corrected chi connectivity index (χ1v) is 8.04. The number of benzene rings is 1. The van der Waals surface area contributed by atoms with Gasteiger partial charge in [-0.1, -0.05) is 11.6 Å². The Labute approximate surface area is 134 Å². The summed E-state index contributed by atoms with van der Waals surface area (Å²) in [6.07, 6.45) is 1.92. The monoisotopic (exact) mass is 332 g/mol. The van der Waals surface area contributed by atoms with Crippen LogP contribution in [-0.2, 0) is 4.79 Å². The van der Waals surface area contributed by atoms with Crippen LogP contribution in [0.15, 0.2) is 23.1 Å². The third-order valence-electron chi connectivity index (χ3n) is 3.76. The molecule has 0 aliphatic carbocycles. The van der Waals surface area contributed by atoms with E-state index in [9.17, 15) is 4.79 Å². The molecule has 1 saturated heterocycles. The van der Waals surface area contributed by atoms with Gasteiger partial charge in [0.2, 0.25) is 5.91 Å². The molecule has 1 amide bonds. The molecule has 2 aliphatic heterocycles. The van der Waals surface area contributed by atoms with Gasteiger partial charge >= 0.3 is 0 Å². The number of rotatable bonds is 2. The quantitative estimate of drug-likeness (QED) is 0.874. The number of thioether (sulfide) groups is 1. The number of fused-ring (bicyclic) bond motifs is 1. The Morgan fingerprint density at radius 2 is 2.25 bits per heavy atom. The molecule has 2 atom stereocenters. The minimum absolute atomic E-state index is 0. The van der Waals surface area contributed by atoms with Crippen molar-refractivity contribution in [1.29, 1.82) is 0 Å². The summed E-state index contributed by atoms with van der Waals surface area (Å²) in [5.41, 5.74) is 1.17. The third-order valence-corrected chi connectivity index (χ3v) is 5.12. The third kappa shape index (κ3) is 3.42. The Kier molecular flexibility index (Phi) is 5.61. The van der Waals surface area contributed by atoms with E-state index in [-0.39, 0.29) is 30.3 Å².